The first-order valence-electron chi connectivity index (χ1n) is 4.70. The predicted octanol–water partition coefficient (Wildman–Crippen LogP) is 3.49. The molecule has 0 heterocycles. The highest BCUT2D eigenvalue weighted by molar-refractivity contribution is 6.30. The fourth-order valence-electron chi connectivity index (χ4n) is 1.49. The molecule has 0 aliphatic carbocycles. The third-order valence-electron chi connectivity index (χ3n) is 2.28. The van der Waals surface area contributed by atoms with Crippen LogP contribution in [0.15, 0.2) is 18.2 Å². The van der Waals surface area contributed by atoms with E-state index in [2.05, 4.69) is 31.7 Å². The lowest BCUT2D eigenvalue weighted by Crippen LogP contribution is -2.22. The van der Waals surface area contributed by atoms with Gasteiger partial charge in [0.2, 0.25) is 0 Å². The van der Waals surface area contributed by atoms with Crippen LogP contribution in [-0.4, -0.2) is 13.1 Å². The van der Waals surface area contributed by atoms with Crippen LogP contribution in [-0.2, 0) is 0 Å². The summed E-state index contributed by atoms with van der Waals surface area (Å²) in [6.45, 7) is 8.48. The van der Waals surface area contributed by atoms with Gasteiger partial charge in [-0.15, -0.1) is 0 Å². The van der Waals surface area contributed by atoms with Crippen molar-refractivity contribution in [2.24, 2.45) is 0 Å². The number of aryl methyl sites for hydroxylation is 1. The van der Waals surface area contributed by atoms with Crippen molar-refractivity contribution < 1.29 is 0 Å². The van der Waals surface area contributed by atoms with Gasteiger partial charge in [0.25, 0.3) is 0 Å². The Balaban J connectivity index is 3.03. The van der Waals surface area contributed by atoms with E-state index in [-0.39, 0.29) is 0 Å². The monoisotopic (exact) mass is 197 g/mol. The molecule has 2 heteroatoms. The maximum Gasteiger partial charge on any atom is 0.0426 e. The van der Waals surface area contributed by atoms with Gasteiger partial charge in [-0.3, -0.25) is 0 Å². The normalized spacial score (nSPS) is 10.2. The van der Waals surface area contributed by atoms with E-state index in [1.165, 1.54) is 11.3 Å². The van der Waals surface area contributed by atoms with Gasteiger partial charge in [0.05, 0.1) is 0 Å². The van der Waals surface area contributed by atoms with Gasteiger partial charge in [-0.25, -0.2) is 0 Å². The van der Waals surface area contributed by atoms with Crippen molar-refractivity contribution in [1.82, 2.24) is 0 Å². The first-order valence-corrected chi connectivity index (χ1v) is 5.08. The van der Waals surface area contributed by atoms with Gasteiger partial charge in [-0.1, -0.05) is 17.7 Å². The van der Waals surface area contributed by atoms with Crippen molar-refractivity contribution in [3.8, 4) is 0 Å². The highest BCUT2D eigenvalue weighted by Gasteiger charge is 2.05. The molecule has 0 amide bonds. The summed E-state index contributed by atoms with van der Waals surface area (Å²) in [4.78, 5) is 2.31. The highest BCUT2D eigenvalue weighted by Crippen LogP contribution is 2.23. The lowest BCUT2D eigenvalue weighted by molar-refractivity contribution is 0.862. The van der Waals surface area contributed by atoms with E-state index in [0.717, 1.165) is 18.1 Å². The van der Waals surface area contributed by atoms with E-state index in [1.54, 1.807) is 0 Å². The first kappa shape index (κ1) is 10.4. The quantitative estimate of drug-likeness (QED) is 0.717. The maximum absolute atomic E-state index is 5.95. The Kier molecular flexibility index (Phi) is 3.61. The van der Waals surface area contributed by atoms with E-state index in [4.69, 9.17) is 11.6 Å². The number of hydrogen-bond donors (Lipinski definition) is 0. The molecule has 0 saturated carbocycles. The molecular formula is C11H16ClN. The van der Waals surface area contributed by atoms with Crippen LogP contribution >= 0.6 is 11.6 Å². The molecule has 1 aromatic rings. The zero-order valence-electron chi connectivity index (χ0n) is 8.47. The summed E-state index contributed by atoms with van der Waals surface area (Å²) in [5.41, 5.74) is 2.53. The molecule has 0 aliphatic heterocycles. The zero-order valence-corrected chi connectivity index (χ0v) is 9.23. The van der Waals surface area contributed by atoms with Gasteiger partial charge >= 0.3 is 0 Å². The van der Waals surface area contributed by atoms with Gasteiger partial charge < -0.3 is 4.90 Å². The summed E-state index contributed by atoms with van der Waals surface area (Å²) in [6, 6.07) is 6.03. The van der Waals surface area contributed by atoms with Crippen molar-refractivity contribution in [3.05, 3.63) is 28.8 Å². The lowest BCUT2D eigenvalue weighted by Gasteiger charge is -2.23. The molecule has 0 fully saturated rings. The van der Waals surface area contributed by atoms with Crippen LogP contribution in [0.25, 0.3) is 0 Å². The minimum atomic E-state index is 0.813. The molecule has 0 bridgehead atoms. The number of rotatable bonds is 3. The molecule has 1 rings (SSSR count). The molecule has 1 aromatic carbocycles. The fraction of sp³-hybridized carbons (Fsp3) is 0.455. The van der Waals surface area contributed by atoms with Gasteiger partial charge in [-0.2, -0.15) is 0 Å². The molecule has 72 valence electrons. The van der Waals surface area contributed by atoms with Crippen LogP contribution in [0.3, 0.4) is 0 Å². The van der Waals surface area contributed by atoms with Crippen LogP contribution in [0.2, 0.25) is 5.02 Å². The topological polar surface area (TPSA) is 3.24 Å². The molecule has 1 nitrogen and oxygen atoms in total. The summed E-state index contributed by atoms with van der Waals surface area (Å²) in [5, 5.41) is 0.813. The third kappa shape index (κ3) is 2.38. The number of hydrogen-bond acceptors (Lipinski definition) is 1. The van der Waals surface area contributed by atoms with Crippen molar-refractivity contribution >= 4 is 17.3 Å². The Morgan fingerprint density at radius 3 is 2.38 bits per heavy atom. The summed E-state index contributed by atoms with van der Waals surface area (Å²) < 4.78 is 0. The average molecular weight is 198 g/mol. The Morgan fingerprint density at radius 1 is 1.23 bits per heavy atom. The second-order valence-electron chi connectivity index (χ2n) is 3.10. The predicted molar refractivity (Wildman–Crippen MR) is 59.8 cm³/mol. The molecule has 0 spiro atoms. The van der Waals surface area contributed by atoms with Crippen LogP contribution in [0, 0.1) is 6.92 Å². The van der Waals surface area contributed by atoms with Crippen LogP contribution in [0.1, 0.15) is 19.4 Å². The first-order chi connectivity index (χ1) is 6.19. The summed E-state index contributed by atoms with van der Waals surface area (Å²) in [6.07, 6.45) is 0. The maximum atomic E-state index is 5.95. The highest BCUT2D eigenvalue weighted by atomic mass is 35.5. The smallest absolute Gasteiger partial charge is 0.0426 e. The minimum Gasteiger partial charge on any atom is -0.372 e. The van der Waals surface area contributed by atoms with Crippen LogP contribution < -0.4 is 4.90 Å². The van der Waals surface area contributed by atoms with Gasteiger partial charge in [-0.05, 0) is 38.5 Å². The molecular weight excluding hydrogens is 182 g/mol. The summed E-state index contributed by atoms with van der Waals surface area (Å²) in [5.74, 6) is 0. The van der Waals surface area contributed by atoms with Crippen LogP contribution in [0.5, 0.6) is 0 Å². The second-order valence-corrected chi connectivity index (χ2v) is 3.54. The van der Waals surface area contributed by atoms with Crippen molar-refractivity contribution in [2.45, 2.75) is 20.8 Å². The second kappa shape index (κ2) is 4.52. The minimum absolute atomic E-state index is 0.813. The molecule has 0 unspecified atom stereocenters. The van der Waals surface area contributed by atoms with Crippen molar-refractivity contribution in [2.75, 3.05) is 18.0 Å². The van der Waals surface area contributed by atoms with Gasteiger partial charge in [0.1, 0.15) is 0 Å². The average Bonchev–Trinajstić information content (AvgIpc) is 2.13. The Morgan fingerprint density at radius 2 is 1.85 bits per heavy atom. The zero-order chi connectivity index (χ0) is 9.84. The molecule has 0 atom stereocenters. The fourth-order valence-corrected chi connectivity index (χ4v) is 1.65. The molecule has 0 N–H and O–H groups in total. The Bertz CT molecular complexity index is 279. The lowest BCUT2D eigenvalue weighted by atomic mass is 10.2. The van der Waals surface area contributed by atoms with Gasteiger partial charge in [0, 0.05) is 23.8 Å². The van der Waals surface area contributed by atoms with E-state index < -0.39 is 0 Å². The third-order valence-corrected chi connectivity index (χ3v) is 2.51. The summed E-state index contributed by atoms with van der Waals surface area (Å²) >= 11 is 5.95. The standard InChI is InChI=1S/C11H16ClN/c1-4-13(5-2)11-8-10(12)7-6-9(11)3/h6-8H,4-5H2,1-3H3. The number of halogens is 1. The van der Waals surface area contributed by atoms with Crippen LogP contribution in [0.4, 0.5) is 5.69 Å². The van der Waals surface area contributed by atoms with E-state index in [9.17, 15) is 0 Å². The van der Waals surface area contributed by atoms with Crippen molar-refractivity contribution in [1.29, 1.82) is 0 Å². The van der Waals surface area contributed by atoms with E-state index in [0.29, 0.717) is 0 Å². The van der Waals surface area contributed by atoms with Gasteiger partial charge in [0.15, 0.2) is 0 Å². The number of anilines is 1. The SMILES string of the molecule is CCN(CC)c1cc(Cl)ccc1C. The van der Waals surface area contributed by atoms with Crippen molar-refractivity contribution in [3.63, 3.8) is 0 Å². The number of benzene rings is 1. The molecule has 0 saturated heterocycles. The summed E-state index contributed by atoms with van der Waals surface area (Å²) in [7, 11) is 0. The number of nitrogens with zero attached hydrogens (tertiary/aromatic N) is 1. The largest absolute Gasteiger partial charge is 0.372 e. The van der Waals surface area contributed by atoms with E-state index in [1.807, 2.05) is 12.1 Å². The molecule has 13 heavy (non-hydrogen) atoms. The Labute approximate surface area is 85.3 Å². The Hall–Kier alpha value is -0.690. The molecule has 0 aliphatic rings. The molecule has 0 radical (unpaired) electrons. The van der Waals surface area contributed by atoms with E-state index >= 15 is 0 Å². The molecule has 0 aromatic heterocycles.